The van der Waals surface area contributed by atoms with Crippen molar-refractivity contribution in [3.63, 3.8) is 0 Å². The van der Waals surface area contributed by atoms with Crippen molar-refractivity contribution in [2.75, 3.05) is 27.2 Å². The smallest absolute Gasteiger partial charge is 0.246 e. The molecule has 168 valence electrons. The Labute approximate surface area is 191 Å². The second kappa shape index (κ2) is 12.2. The quantitative estimate of drug-likeness (QED) is 0.530. The van der Waals surface area contributed by atoms with Crippen molar-refractivity contribution in [3.8, 4) is 0 Å². The zero-order valence-corrected chi connectivity index (χ0v) is 19.5. The van der Waals surface area contributed by atoms with Crippen LogP contribution >= 0.6 is 11.6 Å². The van der Waals surface area contributed by atoms with Gasteiger partial charge >= 0.3 is 0 Å². The third kappa shape index (κ3) is 7.64. The Morgan fingerprint density at radius 2 is 1.74 bits per heavy atom. The summed E-state index contributed by atoms with van der Waals surface area (Å²) in [6, 6.07) is 18.7. The van der Waals surface area contributed by atoms with Gasteiger partial charge in [-0.25, -0.2) is 0 Å². The first-order valence-electron chi connectivity index (χ1n) is 11.3. The minimum Gasteiger partial charge on any atom is -0.367 e. The molecule has 0 bridgehead atoms. The lowest BCUT2D eigenvalue weighted by molar-refractivity contribution is -0.126. The first-order valence-corrected chi connectivity index (χ1v) is 11.7. The fraction of sp³-hybridized carbons (Fsp3) is 0.500. The number of carbonyl (C=O) groups is 1. The predicted molar refractivity (Wildman–Crippen MR) is 127 cm³/mol. The van der Waals surface area contributed by atoms with E-state index in [-0.39, 0.29) is 12.5 Å². The topological polar surface area (TPSA) is 41.6 Å². The molecule has 0 heterocycles. The molecule has 1 saturated carbocycles. The van der Waals surface area contributed by atoms with E-state index < -0.39 is 0 Å². The molecule has 2 aromatic carbocycles. The number of rotatable bonds is 10. The highest BCUT2D eigenvalue weighted by molar-refractivity contribution is 6.30. The van der Waals surface area contributed by atoms with Crippen LogP contribution in [0, 0.1) is 11.8 Å². The molecule has 1 N–H and O–H groups in total. The molecule has 0 saturated heterocycles. The van der Waals surface area contributed by atoms with Crippen molar-refractivity contribution in [1.29, 1.82) is 0 Å². The molecule has 1 atom stereocenters. The lowest BCUT2D eigenvalue weighted by Gasteiger charge is -2.37. The highest BCUT2D eigenvalue weighted by Crippen LogP contribution is 2.40. The molecule has 0 aromatic heterocycles. The maximum absolute atomic E-state index is 12.0. The normalized spacial score (nSPS) is 19.9. The summed E-state index contributed by atoms with van der Waals surface area (Å²) in [5.74, 6) is 1.32. The van der Waals surface area contributed by atoms with Crippen molar-refractivity contribution in [3.05, 3.63) is 70.7 Å². The molecule has 1 amide bonds. The molecule has 1 aliphatic rings. The van der Waals surface area contributed by atoms with Crippen LogP contribution in [-0.4, -0.2) is 38.1 Å². The summed E-state index contributed by atoms with van der Waals surface area (Å²) in [4.78, 5) is 14.4. The van der Waals surface area contributed by atoms with Crippen molar-refractivity contribution in [1.82, 2.24) is 10.2 Å². The van der Waals surface area contributed by atoms with Crippen LogP contribution in [-0.2, 0) is 16.1 Å². The van der Waals surface area contributed by atoms with E-state index in [1.165, 1.54) is 31.2 Å². The molecule has 3 rings (SSSR count). The zero-order valence-electron chi connectivity index (χ0n) is 18.7. The number of ether oxygens (including phenoxy) is 1. The minimum absolute atomic E-state index is 0.0278. The van der Waals surface area contributed by atoms with Gasteiger partial charge in [-0.2, -0.15) is 0 Å². The molecule has 31 heavy (non-hydrogen) atoms. The summed E-state index contributed by atoms with van der Waals surface area (Å²) >= 11 is 6.08. The van der Waals surface area contributed by atoms with Crippen LogP contribution in [0.4, 0.5) is 0 Å². The fourth-order valence-corrected chi connectivity index (χ4v) is 4.87. The summed E-state index contributed by atoms with van der Waals surface area (Å²) in [5.41, 5.74) is 2.43. The Morgan fingerprint density at radius 1 is 1.06 bits per heavy atom. The zero-order chi connectivity index (χ0) is 22.1. The number of carbonyl (C=O) groups excluding carboxylic acids is 1. The molecule has 2 aromatic rings. The standard InChI is InChI=1S/C26H35ClN2O2/c1-29(2)26(23-12-14-24(27)15-13-23)22-10-8-20(9-11-22)16-17-28-25(30)19-31-18-21-6-4-3-5-7-21/h3-7,12-15,20,22,26H,8-11,16-19H2,1-2H3,(H,28,30). The van der Waals surface area contributed by atoms with Gasteiger partial charge in [-0.3, -0.25) is 4.79 Å². The summed E-state index contributed by atoms with van der Waals surface area (Å²) < 4.78 is 5.51. The SMILES string of the molecule is CN(C)C(c1ccc(Cl)cc1)C1CCC(CCNC(=O)COCc2ccccc2)CC1. The Morgan fingerprint density at radius 3 is 2.39 bits per heavy atom. The van der Waals surface area contributed by atoms with Crippen molar-refractivity contribution in [2.24, 2.45) is 11.8 Å². The molecule has 0 aliphatic heterocycles. The van der Waals surface area contributed by atoms with Gasteiger partial charge < -0.3 is 15.0 Å². The number of halogens is 1. The van der Waals surface area contributed by atoms with Crippen LogP contribution in [0.25, 0.3) is 0 Å². The average molecular weight is 443 g/mol. The van der Waals surface area contributed by atoms with Gasteiger partial charge in [0.1, 0.15) is 6.61 Å². The summed E-state index contributed by atoms with van der Waals surface area (Å²) in [6.45, 7) is 1.32. The van der Waals surface area contributed by atoms with Crippen molar-refractivity contribution >= 4 is 17.5 Å². The van der Waals surface area contributed by atoms with Crippen LogP contribution in [0.2, 0.25) is 5.02 Å². The number of benzene rings is 2. The van der Waals surface area contributed by atoms with Gasteiger partial charge in [0, 0.05) is 17.6 Å². The molecule has 1 unspecified atom stereocenters. The number of hydrogen-bond acceptors (Lipinski definition) is 3. The maximum Gasteiger partial charge on any atom is 0.246 e. The van der Waals surface area contributed by atoms with Crippen molar-refractivity contribution < 1.29 is 9.53 Å². The second-order valence-corrected chi connectivity index (χ2v) is 9.29. The predicted octanol–water partition coefficient (Wildman–Crippen LogP) is 5.47. The third-order valence-corrected chi connectivity index (χ3v) is 6.58. The summed E-state index contributed by atoms with van der Waals surface area (Å²) in [5, 5.41) is 3.80. The van der Waals surface area contributed by atoms with Crippen molar-refractivity contribution in [2.45, 2.75) is 44.8 Å². The highest BCUT2D eigenvalue weighted by Gasteiger charge is 2.29. The maximum atomic E-state index is 12.0. The highest BCUT2D eigenvalue weighted by atomic mass is 35.5. The molecular formula is C26H35ClN2O2. The lowest BCUT2D eigenvalue weighted by Crippen LogP contribution is -2.32. The number of nitrogens with zero attached hydrogens (tertiary/aromatic N) is 1. The van der Waals surface area contributed by atoms with Crippen LogP contribution in [0.1, 0.15) is 49.3 Å². The monoisotopic (exact) mass is 442 g/mol. The molecule has 0 spiro atoms. The minimum atomic E-state index is -0.0278. The van der Waals surface area contributed by atoms with E-state index in [9.17, 15) is 4.79 Å². The van der Waals surface area contributed by atoms with Crippen LogP contribution < -0.4 is 5.32 Å². The van der Waals surface area contributed by atoms with E-state index in [2.05, 4.69) is 36.4 Å². The molecule has 1 fully saturated rings. The van der Waals surface area contributed by atoms with E-state index in [4.69, 9.17) is 16.3 Å². The number of amides is 1. The number of nitrogens with one attached hydrogen (secondary N) is 1. The lowest BCUT2D eigenvalue weighted by atomic mass is 9.75. The number of hydrogen-bond donors (Lipinski definition) is 1. The van der Waals surface area contributed by atoms with Crippen LogP contribution in [0.3, 0.4) is 0 Å². The van der Waals surface area contributed by atoms with Gasteiger partial charge in [0.2, 0.25) is 5.91 Å². The van der Waals surface area contributed by atoms with E-state index in [0.717, 1.165) is 23.6 Å². The molecular weight excluding hydrogens is 408 g/mol. The van der Waals surface area contributed by atoms with E-state index in [1.807, 2.05) is 42.5 Å². The average Bonchev–Trinajstić information content (AvgIpc) is 2.77. The Bertz CT molecular complexity index is 787. The van der Waals surface area contributed by atoms with Crippen LogP contribution in [0.5, 0.6) is 0 Å². The second-order valence-electron chi connectivity index (χ2n) is 8.86. The van der Waals surface area contributed by atoms with E-state index in [1.54, 1.807) is 0 Å². The first kappa shape index (κ1) is 23.8. The van der Waals surface area contributed by atoms with E-state index in [0.29, 0.717) is 24.5 Å². The Balaban J connectivity index is 1.34. The van der Waals surface area contributed by atoms with Gasteiger partial charge in [0.25, 0.3) is 0 Å². The van der Waals surface area contributed by atoms with E-state index >= 15 is 0 Å². The van der Waals surface area contributed by atoms with Gasteiger partial charge in [-0.05, 0) is 68.5 Å². The van der Waals surface area contributed by atoms with Gasteiger partial charge in [-0.1, -0.05) is 66.9 Å². The van der Waals surface area contributed by atoms with Gasteiger partial charge in [0.05, 0.1) is 6.61 Å². The van der Waals surface area contributed by atoms with Gasteiger partial charge in [-0.15, -0.1) is 0 Å². The largest absolute Gasteiger partial charge is 0.367 e. The summed E-state index contributed by atoms with van der Waals surface area (Å²) in [6.07, 6.45) is 5.95. The Kier molecular flexibility index (Phi) is 9.38. The molecule has 0 radical (unpaired) electrons. The molecule has 5 heteroatoms. The first-order chi connectivity index (χ1) is 15.0. The third-order valence-electron chi connectivity index (χ3n) is 6.33. The van der Waals surface area contributed by atoms with Crippen LogP contribution in [0.15, 0.2) is 54.6 Å². The molecule has 1 aliphatic carbocycles. The van der Waals surface area contributed by atoms with Gasteiger partial charge in [0.15, 0.2) is 0 Å². The fourth-order valence-electron chi connectivity index (χ4n) is 4.75. The summed E-state index contributed by atoms with van der Waals surface area (Å²) in [7, 11) is 4.33. The Hall–Kier alpha value is -1.88. The molecule has 4 nitrogen and oxygen atoms in total.